The molecule has 6 nitrogen and oxygen atoms in total. The highest BCUT2D eigenvalue weighted by molar-refractivity contribution is 5.91. The Morgan fingerprint density at radius 2 is 1.59 bits per heavy atom. The molecule has 146 valence electrons. The predicted octanol–water partition coefficient (Wildman–Crippen LogP) is 3.09. The lowest BCUT2D eigenvalue weighted by atomic mass is 10.1. The molecule has 0 saturated heterocycles. The summed E-state index contributed by atoms with van der Waals surface area (Å²) in [4.78, 5) is 12.3. The predicted molar refractivity (Wildman–Crippen MR) is 104 cm³/mol. The molecule has 27 heavy (non-hydrogen) atoms. The van der Waals surface area contributed by atoms with E-state index in [4.69, 9.17) is 18.9 Å². The highest BCUT2D eigenvalue weighted by Crippen LogP contribution is 2.38. The van der Waals surface area contributed by atoms with Crippen LogP contribution in [0, 0.1) is 0 Å². The van der Waals surface area contributed by atoms with Crippen molar-refractivity contribution in [1.82, 2.24) is 5.32 Å². The zero-order valence-electron chi connectivity index (χ0n) is 16.1. The Kier molecular flexibility index (Phi) is 8.45. The van der Waals surface area contributed by atoms with Gasteiger partial charge in [0.05, 0.1) is 33.5 Å². The summed E-state index contributed by atoms with van der Waals surface area (Å²) in [5, 5.41) is 3.35. The van der Waals surface area contributed by atoms with Crippen LogP contribution in [0.3, 0.4) is 0 Å². The van der Waals surface area contributed by atoms with Gasteiger partial charge in [0.2, 0.25) is 5.75 Å². The van der Waals surface area contributed by atoms with Crippen molar-refractivity contribution >= 4 is 5.97 Å². The number of rotatable bonds is 11. The molecule has 0 heterocycles. The molecule has 0 fully saturated rings. The van der Waals surface area contributed by atoms with Crippen molar-refractivity contribution in [1.29, 1.82) is 0 Å². The maximum absolute atomic E-state index is 12.3. The van der Waals surface area contributed by atoms with Gasteiger partial charge in [-0.25, -0.2) is 4.79 Å². The monoisotopic (exact) mass is 373 g/mol. The number of carbonyl (C=O) groups excluding carboxylic acids is 1. The zero-order valence-corrected chi connectivity index (χ0v) is 16.1. The van der Waals surface area contributed by atoms with Gasteiger partial charge in [-0.2, -0.15) is 0 Å². The average Bonchev–Trinajstić information content (AvgIpc) is 2.72. The third-order valence-electron chi connectivity index (χ3n) is 4.06. The van der Waals surface area contributed by atoms with E-state index in [1.54, 1.807) is 12.1 Å². The van der Waals surface area contributed by atoms with Crippen molar-refractivity contribution < 1.29 is 23.7 Å². The van der Waals surface area contributed by atoms with Gasteiger partial charge in [0.15, 0.2) is 11.5 Å². The van der Waals surface area contributed by atoms with E-state index < -0.39 is 5.97 Å². The third kappa shape index (κ3) is 6.18. The van der Waals surface area contributed by atoms with Crippen LogP contribution in [-0.2, 0) is 11.2 Å². The normalized spacial score (nSPS) is 10.3. The van der Waals surface area contributed by atoms with Crippen molar-refractivity contribution in [2.75, 3.05) is 41.0 Å². The Labute approximate surface area is 160 Å². The van der Waals surface area contributed by atoms with Crippen LogP contribution in [0.1, 0.15) is 22.3 Å². The third-order valence-corrected chi connectivity index (χ3v) is 4.06. The van der Waals surface area contributed by atoms with E-state index in [1.165, 1.54) is 26.9 Å². The molecule has 0 aliphatic carbocycles. The highest BCUT2D eigenvalue weighted by atomic mass is 16.5. The first-order valence-electron chi connectivity index (χ1n) is 8.91. The summed E-state index contributed by atoms with van der Waals surface area (Å²) in [6.07, 6.45) is 1.72. The first kappa shape index (κ1) is 20.6. The summed E-state index contributed by atoms with van der Waals surface area (Å²) in [5.74, 6) is 0.871. The molecule has 0 unspecified atom stereocenters. The van der Waals surface area contributed by atoms with Gasteiger partial charge in [-0.05, 0) is 43.6 Å². The van der Waals surface area contributed by atoms with Crippen LogP contribution >= 0.6 is 0 Å². The van der Waals surface area contributed by atoms with Crippen LogP contribution in [0.25, 0.3) is 0 Å². The lowest BCUT2D eigenvalue weighted by Gasteiger charge is -2.13. The van der Waals surface area contributed by atoms with Crippen molar-refractivity contribution in [2.45, 2.75) is 12.8 Å². The molecule has 2 rings (SSSR count). The fraction of sp³-hybridized carbons (Fsp3) is 0.381. The Hall–Kier alpha value is -2.73. The minimum atomic E-state index is -0.418. The fourth-order valence-corrected chi connectivity index (χ4v) is 2.65. The van der Waals surface area contributed by atoms with E-state index in [9.17, 15) is 4.79 Å². The molecule has 0 aliphatic rings. The lowest BCUT2D eigenvalue weighted by Crippen LogP contribution is -2.20. The number of ether oxygens (including phenoxy) is 4. The molecule has 0 atom stereocenters. The van der Waals surface area contributed by atoms with Gasteiger partial charge < -0.3 is 24.3 Å². The van der Waals surface area contributed by atoms with Gasteiger partial charge in [0.25, 0.3) is 0 Å². The van der Waals surface area contributed by atoms with Crippen LogP contribution < -0.4 is 19.5 Å². The first-order chi connectivity index (χ1) is 13.2. The van der Waals surface area contributed by atoms with Crippen molar-refractivity contribution in [2.24, 2.45) is 0 Å². The summed E-state index contributed by atoms with van der Waals surface area (Å²) in [6.45, 7) is 2.02. The molecule has 0 aliphatic heterocycles. The van der Waals surface area contributed by atoms with E-state index >= 15 is 0 Å². The standard InChI is InChI=1S/C21H27NO5/c1-24-18-14-17(15-19(25-2)20(18)26-3)21(23)27-13-7-11-22-12-10-16-8-5-4-6-9-16/h4-6,8-9,14-15,22H,7,10-13H2,1-3H3. The summed E-state index contributed by atoms with van der Waals surface area (Å²) in [5.41, 5.74) is 1.67. The quantitative estimate of drug-likeness (QED) is 0.482. The van der Waals surface area contributed by atoms with Crippen LogP contribution in [0.2, 0.25) is 0 Å². The van der Waals surface area contributed by atoms with Crippen LogP contribution in [0.4, 0.5) is 0 Å². The second kappa shape index (κ2) is 11.1. The summed E-state index contributed by atoms with van der Waals surface area (Å²) < 4.78 is 21.1. The highest BCUT2D eigenvalue weighted by Gasteiger charge is 2.17. The smallest absolute Gasteiger partial charge is 0.338 e. The number of hydrogen-bond acceptors (Lipinski definition) is 6. The molecule has 2 aromatic carbocycles. The van der Waals surface area contributed by atoms with Gasteiger partial charge in [-0.1, -0.05) is 30.3 Å². The fourth-order valence-electron chi connectivity index (χ4n) is 2.65. The Balaban J connectivity index is 1.74. The van der Waals surface area contributed by atoms with Crippen molar-refractivity contribution in [3.63, 3.8) is 0 Å². The Morgan fingerprint density at radius 1 is 0.926 bits per heavy atom. The van der Waals surface area contributed by atoms with Gasteiger partial charge in [0, 0.05) is 0 Å². The van der Waals surface area contributed by atoms with E-state index in [-0.39, 0.29) is 0 Å². The Morgan fingerprint density at radius 3 is 2.19 bits per heavy atom. The molecule has 0 bridgehead atoms. The molecular formula is C21H27NO5. The second-order valence-electron chi connectivity index (χ2n) is 5.89. The van der Waals surface area contributed by atoms with Crippen LogP contribution in [0.15, 0.2) is 42.5 Å². The summed E-state index contributed by atoms with van der Waals surface area (Å²) >= 11 is 0. The SMILES string of the molecule is COc1cc(C(=O)OCCCNCCc2ccccc2)cc(OC)c1OC. The molecule has 0 amide bonds. The largest absolute Gasteiger partial charge is 0.493 e. The van der Waals surface area contributed by atoms with Crippen molar-refractivity contribution in [3.05, 3.63) is 53.6 Å². The van der Waals surface area contributed by atoms with Gasteiger partial charge in [-0.15, -0.1) is 0 Å². The first-order valence-corrected chi connectivity index (χ1v) is 8.91. The van der Waals surface area contributed by atoms with E-state index in [0.717, 1.165) is 25.9 Å². The van der Waals surface area contributed by atoms with Crippen LogP contribution in [-0.4, -0.2) is 47.0 Å². The van der Waals surface area contributed by atoms with Gasteiger partial charge >= 0.3 is 5.97 Å². The molecule has 0 spiro atoms. The molecule has 1 N–H and O–H groups in total. The number of nitrogens with one attached hydrogen (secondary N) is 1. The van der Waals surface area contributed by atoms with Crippen LogP contribution in [0.5, 0.6) is 17.2 Å². The number of hydrogen-bond donors (Lipinski definition) is 1. The second-order valence-corrected chi connectivity index (χ2v) is 5.89. The maximum Gasteiger partial charge on any atom is 0.338 e. The summed E-state index contributed by atoms with van der Waals surface area (Å²) in [7, 11) is 4.53. The molecule has 0 saturated carbocycles. The minimum Gasteiger partial charge on any atom is -0.493 e. The minimum absolute atomic E-state index is 0.341. The molecule has 0 aromatic heterocycles. The van der Waals surface area contributed by atoms with E-state index in [0.29, 0.717) is 29.4 Å². The lowest BCUT2D eigenvalue weighted by molar-refractivity contribution is 0.0500. The molecule has 6 heteroatoms. The number of methoxy groups -OCH3 is 3. The molecular weight excluding hydrogens is 346 g/mol. The van der Waals surface area contributed by atoms with Gasteiger partial charge in [-0.3, -0.25) is 0 Å². The zero-order chi connectivity index (χ0) is 19.5. The number of esters is 1. The molecule has 2 aromatic rings. The maximum atomic E-state index is 12.3. The topological polar surface area (TPSA) is 66.0 Å². The van der Waals surface area contributed by atoms with Crippen molar-refractivity contribution in [3.8, 4) is 17.2 Å². The summed E-state index contributed by atoms with van der Waals surface area (Å²) in [6, 6.07) is 13.5. The molecule has 0 radical (unpaired) electrons. The van der Waals surface area contributed by atoms with E-state index in [2.05, 4.69) is 17.4 Å². The average molecular weight is 373 g/mol. The number of carbonyl (C=O) groups is 1. The van der Waals surface area contributed by atoms with Gasteiger partial charge in [0.1, 0.15) is 0 Å². The van der Waals surface area contributed by atoms with E-state index in [1.807, 2.05) is 18.2 Å². The number of benzene rings is 2. The Bertz CT molecular complexity index is 693.